The molecule has 0 spiro atoms. The summed E-state index contributed by atoms with van der Waals surface area (Å²) >= 11 is 0. The van der Waals surface area contributed by atoms with Gasteiger partial charge in [0.15, 0.2) is 0 Å². The smallest absolute Gasteiger partial charge is 0.326 e. The molecule has 43 heavy (non-hydrogen) atoms. The first-order valence-corrected chi connectivity index (χ1v) is 13.3. The van der Waals surface area contributed by atoms with Crippen molar-refractivity contribution in [2.24, 2.45) is 5.73 Å². The van der Waals surface area contributed by atoms with E-state index in [1.807, 2.05) is 0 Å². The van der Waals surface area contributed by atoms with Gasteiger partial charge in [-0.3, -0.25) is 33.6 Å². The van der Waals surface area contributed by atoms with Crippen LogP contribution in [-0.4, -0.2) is 145 Å². The lowest BCUT2D eigenvalue weighted by Gasteiger charge is -2.27. The molecule has 0 saturated carbocycles. The Morgan fingerprint density at radius 3 is 1.60 bits per heavy atom. The number of β-amino-alcohol motifs (C(OH)–C–C–N with tert-alkyl or cyclic N) is 2. The average molecular weight is 617 g/mol. The maximum atomic E-state index is 12.9. The number of nitrogens with one attached hydrogen (secondary N) is 3. The second kappa shape index (κ2) is 15.8. The van der Waals surface area contributed by atoms with Crippen molar-refractivity contribution < 1.29 is 63.9 Å². The van der Waals surface area contributed by atoms with Gasteiger partial charge >= 0.3 is 17.9 Å². The number of carboxylic acids is 3. The fourth-order valence-electron chi connectivity index (χ4n) is 4.78. The molecule has 2 fully saturated rings. The van der Waals surface area contributed by atoms with Crippen LogP contribution in [0, 0.1) is 0 Å². The highest BCUT2D eigenvalue weighted by molar-refractivity contribution is 5.95. The molecule has 0 bridgehead atoms. The van der Waals surface area contributed by atoms with Crippen LogP contribution in [0.5, 0.6) is 0 Å². The van der Waals surface area contributed by atoms with E-state index in [1.54, 1.807) is 0 Å². The Balaban J connectivity index is 2.07. The standard InChI is InChI=1S/C24H36N6O13/c25-7-17(33)29-9-11(31)5-15(29)22(40)27-13(1-3-19(35)36)21(39)26-8-18(34)30-10-12(32)6-16(30)23(41)28-14(24(42)43)2-4-20(37)38/h11-16,31-32H,1-10,25H2,(H,26,39)(H,27,40)(H,28,41)(H,35,36)(H,37,38)(H,42,43)/t11-,12-,13+,14+,15+,16+/m1/s1. The molecule has 19 nitrogen and oxygen atoms in total. The maximum absolute atomic E-state index is 12.9. The molecule has 2 heterocycles. The number of hydrogen-bond donors (Lipinski definition) is 9. The molecular weight excluding hydrogens is 580 g/mol. The Hall–Kier alpha value is -4.36. The summed E-state index contributed by atoms with van der Waals surface area (Å²) in [7, 11) is 0. The Bertz CT molecular complexity index is 1120. The fraction of sp³-hybridized carbons (Fsp3) is 0.667. The zero-order chi connectivity index (χ0) is 32.4. The minimum atomic E-state index is -1.58. The van der Waals surface area contributed by atoms with Crippen molar-refractivity contribution in [3.05, 3.63) is 0 Å². The third kappa shape index (κ3) is 10.1. The topological polar surface area (TPSA) is 306 Å². The normalized spacial score (nSPS) is 22.8. The molecular formula is C24H36N6O13. The minimum absolute atomic E-state index is 0.150. The molecule has 0 aromatic rings. The van der Waals surface area contributed by atoms with Crippen molar-refractivity contribution in [1.82, 2.24) is 25.8 Å². The first-order valence-electron chi connectivity index (χ1n) is 13.3. The molecule has 0 aromatic carbocycles. The summed E-state index contributed by atoms with van der Waals surface area (Å²) in [4.78, 5) is 98.8. The molecule has 2 aliphatic rings. The number of nitrogens with two attached hydrogens (primary N) is 1. The van der Waals surface area contributed by atoms with Gasteiger partial charge in [-0.05, 0) is 12.8 Å². The fourth-order valence-corrected chi connectivity index (χ4v) is 4.78. The van der Waals surface area contributed by atoms with E-state index in [2.05, 4.69) is 16.0 Å². The van der Waals surface area contributed by atoms with E-state index in [4.69, 9.17) is 15.9 Å². The van der Waals surface area contributed by atoms with Gasteiger partial charge in [0.05, 0.1) is 25.3 Å². The predicted molar refractivity (Wildman–Crippen MR) is 140 cm³/mol. The zero-order valence-electron chi connectivity index (χ0n) is 23.0. The van der Waals surface area contributed by atoms with E-state index in [9.17, 15) is 53.7 Å². The van der Waals surface area contributed by atoms with Crippen LogP contribution in [0.25, 0.3) is 0 Å². The first kappa shape index (κ1) is 34.8. The second-order valence-corrected chi connectivity index (χ2v) is 10.2. The number of aliphatic hydroxyl groups is 2. The molecule has 2 saturated heterocycles. The summed E-state index contributed by atoms with van der Waals surface area (Å²) in [5.74, 6) is -8.37. The van der Waals surface area contributed by atoms with E-state index >= 15 is 0 Å². The SMILES string of the molecule is NCC(=O)N1C[C@H](O)C[C@H]1C(=O)N[C@@H](CCC(=O)O)C(=O)NCC(=O)N1C[C@H](O)C[C@H]1C(=O)N[C@@H](CCC(=O)O)C(=O)O. The van der Waals surface area contributed by atoms with Gasteiger partial charge in [0, 0.05) is 38.8 Å². The zero-order valence-corrected chi connectivity index (χ0v) is 23.0. The van der Waals surface area contributed by atoms with Gasteiger partial charge in [0.1, 0.15) is 24.2 Å². The van der Waals surface area contributed by atoms with Gasteiger partial charge in [0.25, 0.3) is 0 Å². The molecule has 10 N–H and O–H groups in total. The van der Waals surface area contributed by atoms with E-state index in [-0.39, 0.29) is 25.9 Å². The number of carbonyl (C=O) groups excluding carboxylic acids is 5. The summed E-state index contributed by atoms with van der Waals surface area (Å²) in [5, 5.41) is 53.9. The predicted octanol–water partition coefficient (Wildman–Crippen LogP) is -5.23. The Morgan fingerprint density at radius 2 is 1.16 bits per heavy atom. The second-order valence-electron chi connectivity index (χ2n) is 10.2. The van der Waals surface area contributed by atoms with Gasteiger partial charge in [-0.2, -0.15) is 0 Å². The summed E-state index contributed by atoms with van der Waals surface area (Å²) in [5.41, 5.74) is 5.35. The summed E-state index contributed by atoms with van der Waals surface area (Å²) in [6.45, 7) is -1.70. The molecule has 0 unspecified atom stereocenters. The van der Waals surface area contributed by atoms with Gasteiger partial charge in [0.2, 0.25) is 29.5 Å². The van der Waals surface area contributed by atoms with Crippen molar-refractivity contribution >= 4 is 47.4 Å². The third-order valence-electron chi connectivity index (χ3n) is 6.93. The van der Waals surface area contributed by atoms with Crippen LogP contribution in [0.3, 0.4) is 0 Å². The first-order chi connectivity index (χ1) is 20.1. The molecule has 0 aromatic heterocycles. The summed E-state index contributed by atoms with van der Waals surface area (Å²) in [6.07, 6.45) is -4.55. The number of aliphatic carboxylic acids is 3. The Morgan fingerprint density at radius 1 is 0.721 bits per heavy atom. The molecule has 0 aliphatic carbocycles. The van der Waals surface area contributed by atoms with Gasteiger partial charge in [-0.25, -0.2) is 4.79 Å². The van der Waals surface area contributed by atoms with Crippen molar-refractivity contribution in [2.75, 3.05) is 26.2 Å². The van der Waals surface area contributed by atoms with Crippen LogP contribution in [0.4, 0.5) is 0 Å². The van der Waals surface area contributed by atoms with Crippen molar-refractivity contribution in [1.29, 1.82) is 0 Å². The summed E-state index contributed by atoms with van der Waals surface area (Å²) < 4.78 is 0. The summed E-state index contributed by atoms with van der Waals surface area (Å²) in [6, 6.07) is -5.57. The molecule has 2 aliphatic heterocycles. The lowest BCUT2D eigenvalue weighted by molar-refractivity contribution is -0.145. The largest absolute Gasteiger partial charge is 0.481 e. The highest BCUT2D eigenvalue weighted by Crippen LogP contribution is 2.20. The molecule has 6 atom stereocenters. The lowest BCUT2D eigenvalue weighted by atomic mass is 10.1. The van der Waals surface area contributed by atoms with Crippen LogP contribution in [0.15, 0.2) is 0 Å². The third-order valence-corrected chi connectivity index (χ3v) is 6.93. The van der Waals surface area contributed by atoms with Gasteiger partial charge in [-0.15, -0.1) is 0 Å². The van der Waals surface area contributed by atoms with E-state index in [0.29, 0.717) is 0 Å². The number of nitrogens with zero attached hydrogens (tertiary/aromatic N) is 2. The maximum Gasteiger partial charge on any atom is 0.326 e. The van der Waals surface area contributed by atoms with Crippen LogP contribution >= 0.6 is 0 Å². The van der Waals surface area contributed by atoms with E-state index in [1.165, 1.54) is 0 Å². The number of rotatable bonds is 15. The van der Waals surface area contributed by atoms with Crippen molar-refractivity contribution in [2.45, 2.75) is 74.9 Å². The van der Waals surface area contributed by atoms with Crippen LogP contribution in [0.1, 0.15) is 38.5 Å². The molecule has 2 rings (SSSR count). The van der Waals surface area contributed by atoms with Crippen LogP contribution in [0.2, 0.25) is 0 Å². The number of hydrogen-bond acceptors (Lipinski definition) is 11. The Kier molecular flexibility index (Phi) is 12.8. The van der Waals surface area contributed by atoms with E-state index in [0.717, 1.165) is 9.80 Å². The Labute approximate surface area is 244 Å². The molecule has 0 radical (unpaired) electrons. The number of aliphatic hydroxyl groups excluding tert-OH is 2. The van der Waals surface area contributed by atoms with Crippen molar-refractivity contribution in [3.63, 3.8) is 0 Å². The van der Waals surface area contributed by atoms with Crippen molar-refractivity contribution in [3.8, 4) is 0 Å². The minimum Gasteiger partial charge on any atom is -0.481 e. The van der Waals surface area contributed by atoms with Crippen LogP contribution in [-0.2, 0) is 38.4 Å². The van der Waals surface area contributed by atoms with Crippen LogP contribution < -0.4 is 21.7 Å². The number of amides is 5. The average Bonchev–Trinajstić information content (AvgIpc) is 3.53. The molecule has 240 valence electrons. The number of carboxylic acid groups (broad SMARTS) is 3. The van der Waals surface area contributed by atoms with Gasteiger partial charge < -0.3 is 57.0 Å². The number of carbonyl (C=O) groups is 8. The number of likely N-dealkylation sites (tertiary alicyclic amines) is 2. The molecule has 19 heteroatoms. The highest BCUT2D eigenvalue weighted by atomic mass is 16.4. The quantitative estimate of drug-likeness (QED) is 0.0831. The van der Waals surface area contributed by atoms with Gasteiger partial charge in [-0.1, -0.05) is 0 Å². The van der Waals surface area contributed by atoms with E-state index < -0.39 is 123 Å². The lowest BCUT2D eigenvalue weighted by Crippen LogP contribution is -2.55. The monoisotopic (exact) mass is 616 g/mol. The highest BCUT2D eigenvalue weighted by Gasteiger charge is 2.41. The molecule has 5 amide bonds.